The highest BCUT2D eigenvalue weighted by Gasteiger charge is 2.34. The quantitative estimate of drug-likeness (QED) is 0.0118. The summed E-state index contributed by atoms with van der Waals surface area (Å²) < 4.78 is 104. The van der Waals surface area contributed by atoms with Crippen molar-refractivity contribution in [3.63, 3.8) is 0 Å². The van der Waals surface area contributed by atoms with Crippen LogP contribution in [0.2, 0.25) is 0 Å². The molecule has 0 saturated carbocycles. The molecule has 94 heavy (non-hydrogen) atoms. The second kappa shape index (κ2) is 35.3. The number of H-pyrrole nitrogens is 1. The minimum absolute atomic E-state index is 0.0214. The lowest BCUT2D eigenvalue weighted by Crippen LogP contribution is -2.58. The second-order valence-corrected chi connectivity index (χ2v) is 26.5. The van der Waals surface area contributed by atoms with Gasteiger partial charge in [0.2, 0.25) is 39.1 Å². The van der Waals surface area contributed by atoms with Crippen molar-refractivity contribution >= 4 is 94.6 Å². The highest BCUT2D eigenvalue weighted by molar-refractivity contribution is 7.89. The number of sulfonamides is 1. The first kappa shape index (κ1) is 76.4. The standard InChI is InChI=1S/C54H78N14O23S3/c1-33-21-36(22-34(2)49(33)94(89,90)63-39(53(81)82)25-59-50(78)38-26-64(3)42-23-35(6-7-37(42)48(38)77)24-60-54-57-10-11-58-54)91-20-4-5-43(69)55-8-9-56-51(79)40(31-92(83,84)85)62-52(80)41(32-93(86,87)88)61-44(70)27-65-12-14-66(28-45(71)72)16-18-68(30-47(75)76)19-17-67(15-13-65)29-46(73)74/h6-7,10-11,21-23,26,39-41,45,63,71-72H,4-5,8-9,12-20,24-25,27-32H2,1-3H3,(H,55,69)(H,56,79)(H,59,78)(H,61,70)(H,62,80)(H,73,74)(H,75,76)(H,81,82)(H2,57,58,60)(H,83,84,85)(H,86,87,88). The van der Waals surface area contributed by atoms with Crippen molar-refractivity contribution in [3.8, 4) is 5.75 Å². The molecule has 37 nitrogen and oxygen atoms in total. The van der Waals surface area contributed by atoms with Gasteiger partial charge in [0.05, 0.1) is 36.7 Å². The van der Waals surface area contributed by atoms with E-state index in [1.165, 1.54) is 46.9 Å². The number of β-amino-alcohol motifs (C(OH)–C–C–N with tert-alkyl or cyclic N) is 2. The number of ether oxygens (including phenoxy) is 1. The van der Waals surface area contributed by atoms with Gasteiger partial charge in [-0.05, 0) is 61.2 Å². The Balaban J connectivity index is 1.11. The Kier molecular flexibility index (Phi) is 28.7. The number of nitrogens with zero attached hydrogens (tertiary/aromatic N) is 6. The average molecular weight is 1390 g/mol. The van der Waals surface area contributed by atoms with Crippen LogP contribution in [0, 0.1) is 13.8 Å². The van der Waals surface area contributed by atoms with Crippen molar-refractivity contribution in [1.29, 1.82) is 0 Å². The van der Waals surface area contributed by atoms with Gasteiger partial charge in [-0.25, -0.2) is 13.4 Å². The number of pyridine rings is 1. The third-order valence-corrected chi connectivity index (χ3v) is 17.5. The number of benzene rings is 2. The van der Waals surface area contributed by atoms with E-state index in [4.69, 9.17) is 4.74 Å². The molecule has 0 radical (unpaired) electrons. The van der Waals surface area contributed by atoms with E-state index in [0.717, 1.165) is 5.56 Å². The average Bonchev–Trinajstić information content (AvgIpc) is 0.830. The van der Waals surface area contributed by atoms with Crippen LogP contribution in [-0.4, -0.2) is 282 Å². The highest BCUT2D eigenvalue weighted by atomic mass is 32.2. The van der Waals surface area contributed by atoms with E-state index in [1.54, 1.807) is 47.1 Å². The van der Waals surface area contributed by atoms with Crippen molar-refractivity contribution in [2.24, 2.45) is 7.05 Å². The molecule has 5 amide bonds. The van der Waals surface area contributed by atoms with Gasteiger partial charge in [0, 0.05) is 123 Å². The van der Waals surface area contributed by atoms with Crippen LogP contribution >= 0.6 is 0 Å². The number of aromatic amines is 1. The van der Waals surface area contributed by atoms with E-state index >= 15 is 0 Å². The van der Waals surface area contributed by atoms with E-state index in [-0.39, 0.29) is 118 Å². The van der Waals surface area contributed by atoms with Gasteiger partial charge < -0.3 is 71.7 Å². The monoisotopic (exact) mass is 1390 g/mol. The van der Waals surface area contributed by atoms with Crippen LogP contribution in [0.4, 0.5) is 5.95 Å². The number of carbonyl (C=O) groups excluding carboxylic acids is 5. The molecule has 520 valence electrons. The number of hydrogen-bond acceptors (Lipinski definition) is 24. The Morgan fingerprint density at radius 3 is 1.78 bits per heavy atom. The fourth-order valence-electron chi connectivity index (χ4n) is 9.85. The van der Waals surface area contributed by atoms with E-state index < -0.39 is 152 Å². The van der Waals surface area contributed by atoms with Crippen molar-refractivity contribution in [1.82, 2.24) is 65.4 Å². The smallest absolute Gasteiger partial charge is 0.323 e. The van der Waals surface area contributed by atoms with Gasteiger partial charge in [0.15, 0.2) is 12.2 Å². The van der Waals surface area contributed by atoms with Crippen LogP contribution in [0.5, 0.6) is 5.75 Å². The molecule has 1 aliphatic heterocycles. The third-order valence-electron chi connectivity index (χ3n) is 14.3. The summed E-state index contributed by atoms with van der Waals surface area (Å²) in [6.07, 6.45) is 2.60. The first-order chi connectivity index (χ1) is 44.1. The first-order valence-corrected chi connectivity index (χ1v) is 33.6. The number of aromatic nitrogens is 3. The van der Waals surface area contributed by atoms with E-state index in [2.05, 4.69) is 41.3 Å². The summed E-state index contributed by atoms with van der Waals surface area (Å²) in [6, 6.07) is 1.44. The van der Waals surface area contributed by atoms with Crippen LogP contribution in [0.3, 0.4) is 0 Å². The second-order valence-electron chi connectivity index (χ2n) is 21.9. The van der Waals surface area contributed by atoms with Crippen LogP contribution < -0.4 is 46.8 Å². The summed E-state index contributed by atoms with van der Waals surface area (Å²) in [7, 11) is -13.2. The number of aliphatic carboxylic acids is 3. The zero-order valence-corrected chi connectivity index (χ0v) is 53.8. The maximum absolute atomic E-state index is 13.7. The molecule has 2 aromatic heterocycles. The van der Waals surface area contributed by atoms with E-state index in [1.807, 2.05) is 5.32 Å². The number of anilines is 1. The Morgan fingerprint density at radius 2 is 1.24 bits per heavy atom. The maximum Gasteiger partial charge on any atom is 0.323 e. The maximum atomic E-state index is 13.7. The Labute approximate surface area is 539 Å². The molecule has 3 heterocycles. The molecule has 0 spiro atoms. The SMILES string of the molecule is Cc1cc(OCCCC(=O)NCCNC(=O)C(CS(=O)(=O)O)NC(=O)C(CS(=O)(=O)O)NC(=O)CN2CCN(CC(=O)O)CCN(CC(=O)O)CCN(CC(O)O)CC2)cc(C)c1S(=O)(=O)NC(CNC(=O)c1cn(C)c2cc(CNc3ncc[nH]3)ccc2c1=O)C(=O)O. The van der Waals surface area contributed by atoms with E-state index in [9.17, 15) is 103 Å². The molecule has 5 rings (SSSR count). The lowest BCUT2D eigenvalue weighted by molar-refractivity contribution is -0.140. The largest absolute Gasteiger partial charge is 0.494 e. The zero-order valence-electron chi connectivity index (χ0n) is 51.3. The number of aryl methyl sites for hydroxylation is 3. The topological polar surface area (TPSA) is 538 Å². The number of hydrogen-bond donors (Lipinski definition) is 15. The Bertz CT molecular complexity index is 3740. The number of amides is 5. The number of carboxylic acid groups (broad SMARTS) is 3. The number of carboxylic acids is 3. The van der Waals surface area contributed by atoms with Gasteiger partial charge in [-0.15, -0.1) is 0 Å². The van der Waals surface area contributed by atoms with Gasteiger partial charge in [-0.1, -0.05) is 6.07 Å². The molecular weight excluding hydrogens is 1310 g/mol. The number of nitrogens with one attached hydrogen (secondary N) is 8. The molecule has 3 atom stereocenters. The third kappa shape index (κ3) is 25.9. The van der Waals surface area contributed by atoms with Crippen LogP contribution in [-0.2, 0) is 77.4 Å². The molecular formula is C54H78N14O23S3. The predicted octanol–water partition coefficient (Wildman–Crippen LogP) is -5.51. The fourth-order valence-corrected chi connectivity index (χ4v) is 12.8. The van der Waals surface area contributed by atoms with Crippen LogP contribution in [0.15, 0.2) is 58.6 Å². The number of fused-ring (bicyclic) bond motifs is 1. The summed E-state index contributed by atoms with van der Waals surface area (Å²) in [5.74, 6) is -11.7. The highest BCUT2D eigenvalue weighted by Crippen LogP contribution is 2.26. The lowest BCUT2D eigenvalue weighted by atomic mass is 10.1. The van der Waals surface area contributed by atoms with Gasteiger partial charge in [0.25, 0.3) is 26.1 Å². The molecule has 40 heteroatoms. The molecule has 0 aliphatic carbocycles. The molecule has 2 aromatic carbocycles. The van der Waals surface area contributed by atoms with Crippen LogP contribution in [0.25, 0.3) is 10.9 Å². The van der Waals surface area contributed by atoms with Crippen molar-refractivity contribution in [2.45, 2.75) is 62.5 Å². The van der Waals surface area contributed by atoms with Gasteiger partial charge in [-0.2, -0.15) is 21.6 Å². The lowest BCUT2D eigenvalue weighted by Gasteiger charge is -2.33. The summed E-state index contributed by atoms with van der Waals surface area (Å²) in [5, 5.41) is 62.8. The molecule has 0 bridgehead atoms. The molecule has 15 N–H and O–H groups in total. The fraction of sp³-hybridized carbons (Fsp3) is 0.519. The molecule has 4 aromatic rings. The minimum atomic E-state index is -5.12. The molecule has 1 saturated heterocycles. The van der Waals surface area contributed by atoms with E-state index in [0.29, 0.717) is 18.0 Å². The normalized spacial score (nSPS) is 15.4. The summed E-state index contributed by atoms with van der Waals surface area (Å²) >= 11 is 0. The zero-order chi connectivity index (χ0) is 69.7. The predicted molar refractivity (Wildman–Crippen MR) is 332 cm³/mol. The van der Waals surface area contributed by atoms with Crippen LogP contribution in [0.1, 0.15) is 39.9 Å². The van der Waals surface area contributed by atoms with Gasteiger partial charge in [-0.3, -0.25) is 71.9 Å². The molecule has 3 unspecified atom stereocenters. The minimum Gasteiger partial charge on any atom is -0.494 e. The Hall–Kier alpha value is -8.29. The van der Waals surface area contributed by atoms with Gasteiger partial charge in [0.1, 0.15) is 40.9 Å². The summed E-state index contributed by atoms with van der Waals surface area (Å²) in [6.45, 7) is 0.0881. The molecule has 1 fully saturated rings. The van der Waals surface area contributed by atoms with Crippen molar-refractivity contribution in [2.75, 3.05) is 122 Å². The molecule has 1 aliphatic rings. The van der Waals surface area contributed by atoms with Gasteiger partial charge >= 0.3 is 17.9 Å². The first-order valence-electron chi connectivity index (χ1n) is 28.9. The Morgan fingerprint density at radius 1 is 0.691 bits per heavy atom. The number of carbonyl (C=O) groups is 8. The summed E-state index contributed by atoms with van der Waals surface area (Å²) in [4.78, 5) is 128. The number of aliphatic hydroxyl groups excluding tert-OH is 1. The number of rotatable bonds is 34. The van der Waals surface area contributed by atoms with Crippen molar-refractivity contribution in [3.05, 3.63) is 81.4 Å². The number of aliphatic hydroxyl groups is 2. The summed E-state index contributed by atoms with van der Waals surface area (Å²) in [5.41, 5.74) is 0.607. The van der Waals surface area contributed by atoms with Crippen molar-refractivity contribution < 1.29 is 103 Å². The number of imidazole rings is 1.